The zero-order valence-corrected chi connectivity index (χ0v) is 11.8. The van der Waals surface area contributed by atoms with Gasteiger partial charge in [0.05, 0.1) is 23.5 Å². The van der Waals surface area contributed by atoms with E-state index in [0.717, 1.165) is 16.9 Å². The van der Waals surface area contributed by atoms with Crippen molar-refractivity contribution >= 4 is 5.69 Å². The van der Waals surface area contributed by atoms with E-state index in [1.165, 1.54) is 0 Å². The number of hydrogen-bond acceptors (Lipinski definition) is 6. The highest BCUT2D eigenvalue weighted by atomic mass is 16.5. The van der Waals surface area contributed by atoms with Crippen LogP contribution in [0.4, 0.5) is 5.69 Å². The highest BCUT2D eigenvalue weighted by Crippen LogP contribution is 2.28. The Morgan fingerprint density at radius 3 is 2.76 bits per heavy atom. The maximum atomic E-state index is 5.25. The molecule has 106 valence electrons. The molecule has 2 heterocycles. The van der Waals surface area contributed by atoms with Gasteiger partial charge >= 0.3 is 0 Å². The van der Waals surface area contributed by atoms with Gasteiger partial charge in [-0.05, 0) is 26.0 Å². The van der Waals surface area contributed by atoms with Crippen LogP contribution in [0.1, 0.15) is 24.5 Å². The lowest BCUT2D eigenvalue weighted by atomic mass is 10.1. The highest BCUT2D eigenvalue weighted by molar-refractivity contribution is 5.72. The van der Waals surface area contributed by atoms with Crippen molar-refractivity contribution in [1.29, 1.82) is 0 Å². The van der Waals surface area contributed by atoms with E-state index < -0.39 is 0 Å². The summed E-state index contributed by atoms with van der Waals surface area (Å²) >= 11 is 0. The van der Waals surface area contributed by atoms with Gasteiger partial charge in [0.1, 0.15) is 0 Å². The fraction of sp³-hybridized carbons (Fsp3) is 0.200. The van der Waals surface area contributed by atoms with Crippen LogP contribution < -0.4 is 5.32 Å². The Labute approximate surface area is 122 Å². The first-order valence-corrected chi connectivity index (χ1v) is 6.66. The number of para-hydroxylation sites is 1. The molecule has 3 rings (SSSR count). The predicted molar refractivity (Wildman–Crippen MR) is 78.5 cm³/mol. The Hall–Kier alpha value is -2.76. The standard InChI is InChI=1S/C15H15N5O/c1-10(14-9-16-7-8-17-14)18-13-6-4-3-5-12(13)15-19-11(2)20-21-15/h3-10,18H,1-2H3. The van der Waals surface area contributed by atoms with Crippen molar-refractivity contribution in [3.8, 4) is 11.5 Å². The first-order chi connectivity index (χ1) is 10.2. The van der Waals surface area contributed by atoms with Gasteiger partial charge in [-0.3, -0.25) is 9.97 Å². The fourth-order valence-corrected chi connectivity index (χ4v) is 2.04. The van der Waals surface area contributed by atoms with E-state index in [9.17, 15) is 0 Å². The molecule has 1 N–H and O–H groups in total. The molecule has 0 radical (unpaired) electrons. The third-order valence-corrected chi connectivity index (χ3v) is 3.08. The van der Waals surface area contributed by atoms with Gasteiger partial charge in [-0.15, -0.1) is 0 Å². The lowest BCUT2D eigenvalue weighted by Crippen LogP contribution is -2.09. The Morgan fingerprint density at radius 2 is 2.05 bits per heavy atom. The molecule has 6 nitrogen and oxygen atoms in total. The average Bonchev–Trinajstić information content (AvgIpc) is 2.95. The van der Waals surface area contributed by atoms with E-state index in [-0.39, 0.29) is 6.04 Å². The first-order valence-electron chi connectivity index (χ1n) is 6.66. The minimum atomic E-state index is 0.0175. The Morgan fingerprint density at radius 1 is 1.19 bits per heavy atom. The summed E-state index contributed by atoms with van der Waals surface area (Å²) in [6, 6.07) is 7.83. The summed E-state index contributed by atoms with van der Waals surface area (Å²) in [4.78, 5) is 12.7. The van der Waals surface area contributed by atoms with Crippen LogP contribution in [-0.4, -0.2) is 20.1 Å². The maximum Gasteiger partial charge on any atom is 0.260 e. The number of rotatable bonds is 4. The molecule has 0 aliphatic heterocycles. The molecule has 1 unspecified atom stereocenters. The minimum Gasteiger partial charge on any atom is -0.376 e. The van der Waals surface area contributed by atoms with E-state index >= 15 is 0 Å². The highest BCUT2D eigenvalue weighted by Gasteiger charge is 2.14. The molecule has 1 atom stereocenters. The van der Waals surface area contributed by atoms with Crippen molar-refractivity contribution in [2.45, 2.75) is 19.9 Å². The molecule has 0 saturated carbocycles. The van der Waals surface area contributed by atoms with Gasteiger partial charge < -0.3 is 9.84 Å². The van der Waals surface area contributed by atoms with Crippen LogP contribution in [0.25, 0.3) is 11.5 Å². The summed E-state index contributed by atoms with van der Waals surface area (Å²) < 4.78 is 5.25. The van der Waals surface area contributed by atoms with Crippen molar-refractivity contribution in [2.24, 2.45) is 0 Å². The number of anilines is 1. The third kappa shape index (κ3) is 2.89. The van der Waals surface area contributed by atoms with Gasteiger partial charge in [0, 0.05) is 18.1 Å². The molecule has 6 heteroatoms. The van der Waals surface area contributed by atoms with Gasteiger partial charge in [-0.25, -0.2) is 0 Å². The molecule has 0 saturated heterocycles. The van der Waals surface area contributed by atoms with Crippen LogP contribution in [0.2, 0.25) is 0 Å². The molecule has 0 aliphatic carbocycles. The largest absolute Gasteiger partial charge is 0.376 e. The van der Waals surface area contributed by atoms with Crippen LogP contribution in [0.3, 0.4) is 0 Å². The second-order valence-electron chi connectivity index (χ2n) is 4.69. The summed E-state index contributed by atoms with van der Waals surface area (Å²) in [5, 5.41) is 7.24. The second kappa shape index (κ2) is 5.70. The lowest BCUT2D eigenvalue weighted by molar-refractivity contribution is 0.425. The van der Waals surface area contributed by atoms with Crippen molar-refractivity contribution in [3.05, 3.63) is 54.4 Å². The number of nitrogens with one attached hydrogen (secondary N) is 1. The summed E-state index contributed by atoms with van der Waals surface area (Å²) in [7, 11) is 0. The minimum absolute atomic E-state index is 0.0175. The van der Waals surface area contributed by atoms with Crippen molar-refractivity contribution in [1.82, 2.24) is 20.1 Å². The Bertz CT molecular complexity index is 726. The molecule has 21 heavy (non-hydrogen) atoms. The van der Waals surface area contributed by atoms with Crippen LogP contribution in [-0.2, 0) is 0 Å². The van der Waals surface area contributed by atoms with E-state index in [1.807, 2.05) is 31.2 Å². The van der Waals surface area contributed by atoms with Gasteiger partial charge in [-0.2, -0.15) is 4.98 Å². The molecule has 1 aromatic carbocycles. The monoisotopic (exact) mass is 281 g/mol. The number of hydrogen-bond donors (Lipinski definition) is 1. The number of aryl methyl sites for hydroxylation is 1. The molecule has 0 amide bonds. The molecule has 0 fully saturated rings. The molecule has 0 aliphatic rings. The SMILES string of the molecule is Cc1noc(-c2ccccc2NC(C)c2cnccn2)n1. The summed E-state index contributed by atoms with van der Waals surface area (Å²) in [5.74, 6) is 1.11. The molecular weight excluding hydrogens is 266 g/mol. The summed E-state index contributed by atoms with van der Waals surface area (Å²) in [6.07, 6.45) is 5.09. The quantitative estimate of drug-likeness (QED) is 0.792. The second-order valence-corrected chi connectivity index (χ2v) is 4.69. The van der Waals surface area contributed by atoms with E-state index in [2.05, 4.69) is 25.4 Å². The Kier molecular flexibility index (Phi) is 3.59. The smallest absolute Gasteiger partial charge is 0.260 e. The molecular formula is C15H15N5O. The van der Waals surface area contributed by atoms with E-state index in [4.69, 9.17) is 4.52 Å². The summed E-state index contributed by atoms with van der Waals surface area (Å²) in [6.45, 7) is 3.82. The fourth-order valence-electron chi connectivity index (χ4n) is 2.04. The molecule has 0 bridgehead atoms. The lowest BCUT2D eigenvalue weighted by Gasteiger charge is -2.16. The number of nitrogens with zero attached hydrogens (tertiary/aromatic N) is 4. The van der Waals surface area contributed by atoms with Gasteiger partial charge in [0.2, 0.25) is 0 Å². The van der Waals surface area contributed by atoms with Crippen molar-refractivity contribution in [2.75, 3.05) is 5.32 Å². The average molecular weight is 281 g/mol. The number of benzene rings is 1. The van der Waals surface area contributed by atoms with Crippen molar-refractivity contribution < 1.29 is 4.52 Å². The van der Waals surface area contributed by atoms with Gasteiger partial charge in [-0.1, -0.05) is 17.3 Å². The van der Waals surface area contributed by atoms with Crippen LogP contribution in [0.5, 0.6) is 0 Å². The van der Waals surface area contributed by atoms with Gasteiger partial charge in [0.15, 0.2) is 5.82 Å². The zero-order chi connectivity index (χ0) is 14.7. The predicted octanol–water partition coefficient (Wildman–Crippen LogP) is 3.01. The zero-order valence-electron chi connectivity index (χ0n) is 11.8. The van der Waals surface area contributed by atoms with Crippen LogP contribution in [0.15, 0.2) is 47.4 Å². The van der Waals surface area contributed by atoms with E-state index in [1.54, 1.807) is 25.5 Å². The van der Waals surface area contributed by atoms with Crippen molar-refractivity contribution in [3.63, 3.8) is 0 Å². The maximum absolute atomic E-state index is 5.25. The molecule has 2 aromatic heterocycles. The first kappa shape index (κ1) is 13.2. The van der Waals surface area contributed by atoms with E-state index in [0.29, 0.717) is 11.7 Å². The molecule has 3 aromatic rings. The Balaban J connectivity index is 1.89. The topological polar surface area (TPSA) is 76.7 Å². The van der Waals surface area contributed by atoms with Crippen LogP contribution >= 0.6 is 0 Å². The molecule has 0 spiro atoms. The third-order valence-electron chi connectivity index (χ3n) is 3.08. The van der Waals surface area contributed by atoms with Crippen LogP contribution in [0, 0.1) is 6.92 Å². The normalized spacial score (nSPS) is 12.1. The van der Waals surface area contributed by atoms with Gasteiger partial charge in [0.25, 0.3) is 5.89 Å². The summed E-state index contributed by atoms with van der Waals surface area (Å²) in [5.41, 5.74) is 2.65. The number of aromatic nitrogens is 4.